The number of rotatable bonds is 5. The largest absolute Gasteiger partial charge is 0.365 e. The highest BCUT2D eigenvalue weighted by Crippen LogP contribution is 2.28. The lowest BCUT2D eigenvalue weighted by Gasteiger charge is -2.15. The van der Waals surface area contributed by atoms with Crippen LogP contribution in [0.5, 0.6) is 0 Å². The molecule has 4 rings (SSSR count). The van der Waals surface area contributed by atoms with Crippen molar-refractivity contribution in [2.75, 3.05) is 10.6 Å². The summed E-state index contributed by atoms with van der Waals surface area (Å²) < 4.78 is 24.8. The monoisotopic (exact) mass is 386 g/mol. The Morgan fingerprint density at radius 2 is 1.81 bits per heavy atom. The van der Waals surface area contributed by atoms with Crippen molar-refractivity contribution in [3.05, 3.63) is 36.5 Å². The number of sulfonamides is 1. The van der Waals surface area contributed by atoms with E-state index in [1.807, 2.05) is 23.9 Å². The molecule has 4 N–H and O–H groups in total. The molecule has 0 aliphatic heterocycles. The summed E-state index contributed by atoms with van der Waals surface area (Å²) in [5.74, 6) is 1.26. The van der Waals surface area contributed by atoms with Gasteiger partial charge in [0, 0.05) is 25.0 Å². The minimum atomic E-state index is -3.71. The number of nitrogens with zero attached hydrogens (tertiary/aromatic N) is 3. The zero-order chi connectivity index (χ0) is 19.0. The van der Waals surface area contributed by atoms with Crippen molar-refractivity contribution in [1.82, 2.24) is 14.5 Å². The van der Waals surface area contributed by atoms with Crippen LogP contribution in [0.1, 0.15) is 25.7 Å². The van der Waals surface area contributed by atoms with Gasteiger partial charge in [0.15, 0.2) is 5.82 Å². The van der Waals surface area contributed by atoms with Crippen LogP contribution in [-0.4, -0.2) is 29.0 Å². The topological polar surface area (TPSA) is 115 Å². The summed E-state index contributed by atoms with van der Waals surface area (Å²) in [5.41, 5.74) is 2.50. The van der Waals surface area contributed by atoms with E-state index in [2.05, 4.69) is 20.6 Å². The Balaban J connectivity index is 1.65. The molecule has 0 spiro atoms. The van der Waals surface area contributed by atoms with Crippen LogP contribution < -0.4 is 15.8 Å². The van der Waals surface area contributed by atoms with Gasteiger partial charge < -0.3 is 15.2 Å². The molecule has 9 heteroatoms. The number of aryl methyl sites for hydroxylation is 1. The second-order valence-electron chi connectivity index (χ2n) is 6.88. The van der Waals surface area contributed by atoms with Crippen LogP contribution in [0.15, 0.2) is 41.4 Å². The average Bonchev–Trinajstić information content (AvgIpc) is 3.25. The predicted octanol–water partition coefficient (Wildman–Crippen LogP) is 2.71. The number of primary sulfonamides is 1. The van der Waals surface area contributed by atoms with Crippen molar-refractivity contribution in [2.24, 2.45) is 12.2 Å². The number of nitrogens with two attached hydrogens (primary N) is 1. The number of fused-ring (bicyclic) bond motifs is 1. The Labute approximate surface area is 157 Å². The Kier molecular flexibility index (Phi) is 4.48. The normalized spacial score (nSPS) is 15.3. The molecule has 0 radical (unpaired) electrons. The number of hydrogen-bond acceptors (Lipinski definition) is 6. The molecule has 1 aromatic carbocycles. The third-order valence-corrected chi connectivity index (χ3v) is 5.78. The molecule has 0 bridgehead atoms. The molecule has 3 aromatic rings. The van der Waals surface area contributed by atoms with Gasteiger partial charge in [0.1, 0.15) is 5.52 Å². The lowest BCUT2D eigenvalue weighted by Crippen LogP contribution is -2.17. The number of anilines is 3. The third-order valence-electron chi connectivity index (χ3n) is 4.85. The van der Waals surface area contributed by atoms with E-state index in [9.17, 15) is 8.42 Å². The zero-order valence-corrected chi connectivity index (χ0v) is 15.8. The fourth-order valence-electron chi connectivity index (χ4n) is 3.47. The summed E-state index contributed by atoms with van der Waals surface area (Å²) in [6.07, 6.45) is 6.73. The highest BCUT2D eigenvalue weighted by molar-refractivity contribution is 7.89. The molecular formula is C18H22N6O2S. The maximum atomic E-state index is 11.4. The third kappa shape index (κ3) is 3.74. The number of benzene rings is 1. The molecule has 0 unspecified atom stereocenters. The van der Waals surface area contributed by atoms with Gasteiger partial charge in [-0.25, -0.2) is 18.5 Å². The Morgan fingerprint density at radius 3 is 2.48 bits per heavy atom. The molecule has 142 valence electrons. The maximum Gasteiger partial charge on any atom is 0.238 e. The van der Waals surface area contributed by atoms with Crippen molar-refractivity contribution < 1.29 is 8.42 Å². The molecule has 0 atom stereocenters. The Hall–Kier alpha value is -2.65. The molecule has 1 aliphatic carbocycles. The predicted molar refractivity (Wildman–Crippen MR) is 105 cm³/mol. The van der Waals surface area contributed by atoms with Crippen LogP contribution in [0.25, 0.3) is 11.0 Å². The smallest absolute Gasteiger partial charge is 0.238 e. The zero-order valence-electron chi connectivity index (χ0n) is 15.0. The van der Waals surface area contributed by atoms with Gasteiger partial charge in [-0.1, -0.05) is 12.8 Å². The van der Waals surface area contributed by atoms with Gasteiger partial charge in [-0.15, -0.1) is 0 Å². The number of nitrogens with one attached hydrogen (secondary N) is 2. The first-order valence-electron chi connectivity index (χ1n) is 8.90. The number of aromatic nitrogens is 3. The minimum Gasteiger partial charge on any atom is -0.365 e. The highest BCUT2D eigenvalue weighted by Gasteiger charge is 2.18. The Morgan fingerprint density at radius 1 is 1.11 bits per heavy atom. The first kappa shape index (κ1) is 17.7. The van der Waals surface area contributed by atoms with E-state index in [1.54, 1.807) is 12.1 Å². The number of hydrogen-bond donors (Lipinski definition) is 3. The van der Waals surface area contributed by atoms with E-state index in [4.69, 9.17) is 5.14 Å². The lowest BCUT2D eigenvalue weighted by atomic mass is 10.2. The fourth-order valence-corrected chi connectivity index (χ4v) is 3.99. The van der Waals surface area contributed by atoms with Crippen LogP contribution >= 0.6 is 0 Å². The second-order valence-corrected chi connectivity index (χ2v) is 8.44. The Bertz CT molecular complexity index is 1070. The van der Waals surface area contributed by atoms with Gasteiger partial charge in [-0.05, 0) is 43.2 Å². The van der Waals surface area contributed by atoms with E-state index in [-0.39, 0.29) is 4.90 Å². The van der Waals surface area contributed by atoms with Gasteiger partial charge in [0.25, 0.3) is 0 Å². The standard InChI is InChI=1S/C18H22N6O2S/c1-24-11-10-15-16(24)17(20-12-4-2-3-5-12)23-18(22-15)21-13-6-8-14(9-7-13)27(19,25)26/h6-12H,2-5H2,1H3,(H2,19,25,26)(H2,20,21,22,23). The molecule has 1 aliphatic rings. The quantitative estimate of drug-likeness (QED) is 0.621. The van der Waals surface area contributed by atoms with Crippen molar-refractivity contribution >= 4 is 38.5 Å². The van der Waals surface area contributed by atoms with Gasteiger partial charge in [-0.3, -0.25) is 0 Å². The first-order valence-corrected chi connectivity index (χ1v) is 10.4. The minimum absolute atomic E-state index is 0.0658. The van der Waals surface area contributed by atoms with Gasteiger partial charge in [0.2, 0.25) is 16.0 Å². The first-order chi connectivity index (χ1) is 12.9. The van der Waals surface area contributed by atoms with Crippen molar-refractivity contribution in [3.63, 3.8) is 0 Å². The second kappa shape index (κ2) is 6.82. The molecule has 1 saturated carbocycles. The molecule has 0 amide bonds. The maximum absolute atomic E-state index is 11.4. The van der Waals surface area contributed by atoms with Crippen LogP contribution in [0.4, 0.5) is 17.5 Å². The van der Waals surface area contributed by atoms with E-state index in [1.165, 1.54) is 25.0 Å². The van der Waals surface area contributed by atoms with Gasteiger partial charge in [-0.2, -0.15) is 4.98 Å². The molecule has 27 heavy (non-hydrogen) atoms. The summed E-state index contributed by atoms with van der Waals surface area (Å²) in [7, 11) is -1.73. The van der Waals surface area contributed by atoms with E-state index < -0.39 is 10.0 Å². The summed E-state index contributed by atoms with van der Waals surface area (Å²) in [6.45, 7) is 0. The van der Waals surface area contributed by atoms with Gasteiger partial charge >= 0.3 is 0 Å². The molecule has 2 aromatic heterocycles. The van der Waals surface area contributed by atoms with E-state index in [0.29, 0.717) is 17.7 Å². The van der Waals surface area contributed by atoms with Crippen molar-refractivity contribution in [1.29, 1.82) is 0 Å². The molecule has 1 fully saturated rings. The van der Waals surface area contributed by atoms with Crippen molar-refractivity contribution in [3.8, 4) is 0 Å². The van der Waals surface area contributed by atoms with Crippen LogP contribution in [0, 0.1) is 0 Å². The molecule has 2 heterocycles. The summed E-state index contributed by atoms with van der Waals surface area (Å²) in [5, 5.41) is 11.8. The SMILES string of the molecule is Cn1ccc2nc(Nc3ccc(S(N)(=O)=O)cc3)nc(NC3CCCC3)c21. The summed E-state index contributed by atoms with van der Waals surface area (Å²) in [4.78, 5) is 9.30. The molecular weight excluding hydrogens is 364 g/mol. The fraction of sp³-hybridized carbons (Fsp3) is 0.333. The summed E-state index contributed by atoms with van der Waals surface area (Å²) in [6, 6.07) is 8.57. The summed E-state index contributed by atoms with van der Waals surface area (Å²) >= 11 is 0. The molecule has 8 nitrogen and oxygen atoms in total. The van der Waals surface area contributed by atoms with E-state index >= 15 is 0 Å². The van der Waals surface area contributed by atoms with Crippen molar-refractivity contribution in [2.45, 2.75) is 36.6 Å². The van der Waals surface area contributed by atoms with Crippen LogP contribution in [-0.2, 0) is 17.1 Å². The van der Waals surface area contributed by atoms with E-state index in [0.717, 1.165) is 29.7 Å². The average molecular weight is 386 g/mol. The van der Waals surface area contributed by atoms with Gasteiger partial charge in [0.05, 0.1) is 10.4 Å². The van der Waals surface area contributed by atoms with Crippen LogP contribution in [0.2, 0.25) is 0 Å². The van der Waals surface area contributed by atoms with Crippen LogP contribution in [0.3, 0.4) is 0 Å². The highest BCUT2D eigenvalue weighted by atomic mass is 32.2. The molecule has 0 saturated heterocycles. The lowest BCUT2D eigenvalue weighted by molar-refractivity contribution is 0.598.